The molecule has 170 valence electrons. The van der Waals surface area contributed by atoms with Crippen LogP contribution in [0.3, 0.4) is 0 Å². The molecular formula is C24H27Cl2N3O3. The maximum absolute atomic E-state index is 12.3. The molecule has 1 N–H and O–H groups in total. The zero-order valence-electron chi connectivity index (χ0n) is 17.9. The number of piperidine rings is 1. The normalized spacial score (nSPS) is 17.6. The number of carbonyl (C=O) groups is 2. The van der Waals surface area contributed by atoms with Crippen LogP contribution in [0.25, 0.3) is 0 Å². The number of carbonyl (C=O) groups excluding carboxylic acids is 2. The van der Waals surface area contributed by atoms with E-state index >= 15 is 0 Å². The Morgan fingerprint density at radius 1 is 1.03 bits per heavy atom. The summed E-state index contributed by atoms with van der Waals surface area (Å²) in [5, 5.41) is 4.21. The number of hydrogen-bond acceptors (Lipinski definition) is 4. The fourth-order valence-corrected chi connectivity index (χ4v) is 4.51. The number of amides is 2. The van der Waals surface area contributed by atoms with Crippen LogP contribution in [0.4, 0.5) is 5.69 Å². The Bertz CT molecular complexity index is 959. The second kappa shape index (κ2) is 10.6. The average molecular weight is 476 g/mol. The maximum Gasteiger partial charge on any atom is 0.258 e. The molecular weight excluding hydrogens is 449 g/mol. The third-order valence-electron chi connectivity index (χ3n) is 5.93. The largest absolute Gasteiger partial charge is 0.484 e. The summed E-state index contributed by atoms with van der Waals surface area (Å²) < 4.78 is 5.63. The smallest absolute Gasteiger partial charge is 0.258 e. The van der Waals surface area contributed by atoms with E-state index in [-0.39, 0.29) is 24.5 Å². The first-order chi connectivity index (χ1) is 15.5. The molecule has 0 aliphatic carbocycles. The van der Waals surface area contributed by atoms with E-state index in [1.54, 1.807) is 17.0 Å². The predicted molar refractivity (Wildman–Crippen MR) is 126 cm³/mol. The Balaban J connectivity index is 1.17. The van der Waals surface area contributed by atoms with Gasteiger partial charge in [0.1, 0.15) is 5.75 Å². The van der Waals surface area contributed by atoms with Gasteiger partial charge in [-0.15, -0.1) is 0 Å². The third-order valence-corrected chi connectivity index (χ3v) is 6.67. The number of nitrogens with one attached hydrogen (secondary N) is 1. The summed E-state index contributed by atoms with van der Waals surface area (Å²) in [5.41, 5.74) is 2.01. The second-order valence-electron chi connectivity index (χ2n) is 8.30. The fraction of sp³-hybridized carbons (Fsp3) is 0.417. The minimum atomic E-state index is -0.119. The zero-order valence-corrected chi connectivity index (χ0v) is 19.4. The summed E-state index contributed by atoms with van der Waals surface area (Å²) in [6.45, 7) is 3.37. The summed E-state index contributed by atoms with van der Waals surface area (Å²) in [6.07, 6.45) is 3.29. The highest BCUT2D eigenvalue weighted by atomic mass is 35.5. The van der Waals surface area contributed by atoms with Crippen molar-refractivity contribution in [2.75, 3.05) is 31.1 Å². The lowest BCUT2D eigenvalue weighted by Gasteiger charge is -2.32. The van der Waals surface area contributed by atoms with Crippen molar-refractivity contribution in [1.29, 1.82) is 0 Å². The van der Waals surface area contributed by atoms with E-state index in [0.29, 0.717) is 22.2 Å². The van der Waals surface area contributed by atoms with Crippen molar-refractivity contribution >= 4 is 40.7 Å². The van der Waals surface area contributed by atoms with Crippen molar-refractivity contribution in [1.82, 2.24) is 10.2 Å². The molecule has 6 nitrogen and oxygen atoms in total. The number of rotatable bonds is 7. The molecule has 0 saturated carbocycles. The minimum Gasteiger partial charge on any atom is -0.484 e. The monoisotopic (exact) mass is 475 g/mol. The molecule has 2 amide bonds. The lowest BCUT2D eigenvalue weighted by molar-refractivity contribution is -0.124. The molecule has 2 aromatic rings. The minimum absolute atomic E-state index is 0.0223. The van der Waals surface area contributed by atoms with Crippen LogP contribution in [-0.2, 0) is 16.1 Å². The molecule has 0 radical (unpaired) electrons. The van der Waals surface area contributed by atoms with Gasteiger partial charge in [-0.3, -0.25) is 14.5 Å². The molecule has 4 rings (SSSR count). The van der Waals surface area contributed by atoms with Crippen LogP contribution in [0.5, 0.6) is 5.75 Å². The molecule has 2 saturated heterocycles. The van der Waals surface area contributed by atoms with E-state index < -0.39 is 0 Å². The first kappa shape index (κ1) is 22.9. The molecule has 0 spiro atoms. The van der Waals surface area contributed by atoms with E-state index in [9.17, 15) is 9.59 Å². The molecule has 32 heavy (non-hydrogen) atoms. The lowest BCUT2D eigenvalue weighted by Crippen LogP contribution is -2.45. The molecule has 2 heterocycles. The van der Waals surface area contributed by atoms with Gasteiger partial charge in [0.25, 0.3) is 5.91 Å². The van der Waals surface area contributed by atoms with Crippen molar-refractivity contribution < 1.29 is 14.3 Å². The topological polar surface area (TPSA) is 61.9 Å². The van der Waals surface area contributed by atoms with Crippen LogP contribution in [0.15, 0.2) is 42.5 Å². The Morgan fingerprint density at radius 3 is 2.44 bits per heavy atom. The van der Waals surface area contributed by atoms with Crippen LogP contribution in [0.2, 0.25) is 10.0 Å². The van der Waals surface area contributed by atoms with Crippen molar-refractivity contribution in [2.45, 2.75) is 38.3 Å². The SMILES string of the molecule is O=C(COc1ccc(N2CCCC2=O)cc1)NC1CCN(Cc2ccc(Cl)c(Cl)c2)CC1. The van der Waals surface area contributed by atoms with Gasteiger partial charge >= 0.3 is 0 Å². The Hall–Kier alpha value is -2.28. The molecule has 2 fully saturated rings. The van der Waals surface area contributed by atoms with E-state index in [4.69, 9.17) is 27.9 Å². The highest BCUT2D eigenvalue weighted by Crippen LogP contribution is 2.25. The van der Waals surface area contributed by atoms with Gasteiger partial charge < -0.3 is 15.0 Å². The number of ether oxygens (including phenoxy) is 1. The first-order valence-electron chi connectivity index (χ1n) is 11.0. The zero-order chi connectivity index (χ0) is 22.5. The Kier molecular flexibility index (Phi) is 7.55. The summed E-state index contributed by atoms with van der Waals surface area (Å²) in [5.74, 6) is 0.653. The molecule has 2 aliphatic rings. The van der Waals surface area contributed by atoms with Crippen LogP contribution in [0, 0.1) is 0 Å². The molecule has 0 atom stereocenters. The van der Waals surface area contributed by atoms with Crippen molar-refractivity contribution in [3.05, 3.63) is 58.1 Å². The van der Waals surface area contributed by atoms with Crippen LogP contribution >= 0.6 is 23.2 Å². The third kappa shape index (κ3) is 5.94. The van der Waals surface area contributed by atoms with Crippen molar-refractivity contribution in [3.8, 4) is 5.75 Å². The number of hydrogen-bond donors (Lipinski definition) is 1. The summed E-state index contributed by atoms with van der Waals surface area (Å²) in [4.78, 5) is 28.3. The Morgan fingerprint density at radius 2 is 1.78 bits per heavy atom. The molecule has 2 aliphatic heterocycles. The summed E-state index contributed by atoms with van der Waals surface area (Å²) >= 11 is 12.1. The predicted octanol–water partition coefficient (Wildman–Crippen LogP) is 4.28. The molecule has 0 unspecified atom stereocenters. The van der Waals surface area contributed by atoms with E-state index in [0.717, 1.165) is 56.7 Å². The van der Waals surface area contributed by atoms with Crippen molar-refractivity contribution in [3.63, 3.8) is 0 Å². The van der Waals surface area contributed by atoms with Gasteiger partial charge in [0.2, 0.25) is 5.91 Å². The van der Waals surface area contributed by atoms with Gasteiger partial charge in [-0.05, 0) is 61.2 Å². The summed E-state index contributed by atoms with van der Waals surface area (Å²) in [7, 11) is 0. The fourth-order valence-electron chi connectivity index (χ4n) is 4.19. The van der Waals surface area contributed by atoms with Gasteiger partial charge in [-0.2, -0.15) is 0 Å². The Labute approximate surface area is 198 Å². The van der Waals surface area contributed by atoms with Crippen LogP contribution < -0.4 is 15.0 Å². The van der Waals surface area contributed by atoms with E-state index in [1.165, 1.54) is 0 Å². The molecule has 8 heteroatoms. The number of likely N-dealkylation sites (tertiary alicyclic amines) is 1. The van der Waals surface area contributed by atoms with Gasteiger partial charge in [0, 0.05) is 44.3 Å². The first-order valence-corrected chi connectivity index (χ1v) is 11.7. The number of halogens is 2. The van der Waals surface area contributed by atoms with Crippen LogP contribution in [-0.4, -0.2) is 49.0 Å². The van der Waals surface area contributed by atoms with Gasteiger partial charge in [-0.25, -0.2) is 0 Å². The molecule has 2 aromatic carbocycles. The number of benzene rings is 2. The number of anilines is 1. The number of nitrogens with zero attached hydrogens (tertiary/aromatic N) is 2. The molecule has 0 bridgehead atoms. The quantitative estimate of drug-likeness (QED) is 0.648. The van der Waals surface area contributed by atoms with E-state index in [2.05, 4.69) is 10.2 Å². The van der Waals surface area contributed by atoms with Gasteiger partial charge in [-0.1, -0.05) is 29.3 Å². The standard InChI is InChI=1S/C24H27Cl2N3O3/c25-21-8-3-17(14-22(21)26)15-28-12-9-18(10-13-28)27-23(30)16-32-20-6-4-19(5-7-20)29-11-1-2-24(29)31/h3-8,14,18H,1-2,9-13,15-16H2,(H,27,30). The lowest BCUT2D eigenvalue weighted by atomic mass is 10.0. The van der Waals surface area contributed by atoms with Gasteiger partial charge in [0.15, 0.2) is 6.61 Å². The highest BCUT2D eigenvalue weighted by Gasteiger charge is 2.22. The van der Waals surface area contributed by atoms with E-state index in [1.807, 2.05) is 30.3 Å². The average Bonchev–Trinajstić information content (AvgIpc) is 3.22. The van der Waals surface area contributed by atoms with Crippen LogP contribution in [0.1, 0.15) is 31.2 Å². The van der Waals surface area contributed by atoms with Gasteiger partial charge in [0.05, 0.1) is 10.0 Å². The molecule has 0 aromatic heterocycles. The summed E-state index contributed by atoms with van der Waals surface area (Å²) in [6, 6.07) is 13.2. The van der Waals surface area contributed by atoms with Crippen molar-refractivity contribution in [2.24, 2.45) is 0 Å². The highest BCUT2D eigenvalue weighted by molar-refractivity contribution is 6.42. The second-order valence-corrected chi connectivity index (χ2v) is 9.11. The maximum atomic E-state index is 12.3.